The molecule has 3 rings (SSSR count). The maximum Gasteiger partial charge on any atom is 0.110 e. The fraction of sp³-hybridized carbons (Fsp3) is 0.480. The molecule has 0 atom stereocenters. The maximum atomic E-state index is 4.91. The molecule has 0 spiro atoms. The molecule has 0 aliphatic heterocycles. The van der Waals surface area contributed by atoms with Crippen LogP contribution in [0.2, 0.25) is 0 Å². The molecule has 0 saturated heterocycles. The van der Waals surface area contributed by atoms with Crippen LogP contribution in [0.3, 0.4) is 0 Å². The molecule has 5 heteroatoms. The van der Waals surface area contributed by atoms with E-state index in [-0.39, 0.29) is 0 Å². The summed E-state index contributed by atoms with van der Waals surface area (Å²) in [6.45, 7) is 8.66. The molecule has 30 heavy (non-hydrogen) atoms. The van der Waals surface area contributed by atoms with Crippen molar-refractivity contribution in [3.05, 3.63) is 53.5 Å². The summed E-state index contributed by atoms with van der Waals surface area (Å²) < 4.78 is 0. The molecule has 0 bridgehead atoms. The van der Waals surface area contributed by atoms with Gasteiger partial charge >= 0.3 is 0 Å². The summed E-state index contributed by atoms with van der Waals surface area (Å²) in [7, 11) is 0. The molecule has 0 aliphatic rings. The van der Waals surface area contributed by atoms with Crippen molar-refractivity contribution in [2.45, 2.75) is 79.1 Å². The number of aryl methyl sites for hydroxylation is 4. The first-order valence-corrected chi connectivity index (χ1v) is 11.4. The van der Waals surface area contributed by atoms with Crippen molar-refractivity contribution in [2.75, 3.05) is 0 Å². The third-order valence-electron chi connectivity index (χ3n) is 5.06. The second-order valence-electron chi connectivity index (χ2n) is 7.75. The number of nitrogens with zero attached hydrogens (tertiary/aromatic N) is 5. The first-order valence-electron chi connectivity index (χ1n) is 11.4. The summed E-state index contributed by atoms with van der Waals surface area (Å²) >= 11 is 0. The lowest BCUT2D eigenvalue weighted by Gasteiger charge is -2.11. The average molecular weight is 404 g/mol. The standard InChI is InChI=1S/C25H33N5/c1-5-9-19-16-27-21(11-7-3)24(29-19)18-13-14-23(26-15-18)25-22(12-8-4)28-17-20(30-25)10-6-2/h13-17H,5-12H2,1-4H3. The predicted molar refractivity (Wildman–Crippen MR) is 122 cm³/mol. The Kier molecular flexibility index (Phi) is 8.00. The van der Waals surface area contributed by atoms with Crippen LogP contribution in [-0.4, -0.2) is 24.9 Å². The van der Waals surface area contributed by atoms with Crippen molar-refractivity contribution >= 4 is 0 Å². The number of hydrogen-bond acceptors (Lipinski definition) is 5. The Hall–Kier alpha value is -2.69. The number of hydrogen-bond donors (Lipinski definition) is 0. The summed E-state index contributed by atoms with van der Waals surface area (Å²) in [5.74, 6) is 0. The topological polar surface area (TPSA) is 64.5 Å². The van der Waals surface area contributed by atoms with E-state index < -0.39 is 0 Å². The van der Waals surface area contributed by atoms with Gasteiger partial charge in [0.2, 0.25) is 0 Å². The minimum Gasteiger partial charge on any atom is -0.257 e. The van der Waals surface area contributed by atoms with Crippen molar-refractivity contribution < 1.29 is 0 Å². The smallest absolute Gasteiger partial charge is 0.110 e. The van der Waals surface area contributed by atoms with Crippen molar-refractivity contribution in [1.29, 1.82) is 0 Å². The molecular formula is C25H33N5. The molecule has 0 unspecified atom stereocenters. The zero-order valence-electron chi connectivity index (χ0n) is 18.8. The summed E-state index contributed by atoms with van der Waals surface area (Å²) in [4.78, 5) is 24.0. The van der Waals surface area contributed by atoms with E-state index in [2.05, 4.69) is 44.8 Å². The van der Waals surface area contributed by atoms with Gasteiger partial charge in [-0.15, -0.1) is 0 Å². The zero-order valence-corrected chi connectivity index (χ0v) is 18.8. The molecule has 0 radical (unpaired) electrons. The Labute approximate surface area is 180 Å². The van der Waals surface area contributed by atoms with Crippen LogP contribution in [0.4, 0.5) is 0 Å². The minimum atomic E-state index is 0.877. The molecular weight excluding hydrogens is 370 g/mol. The van der Waals surface area contributed by atoms with Gasteiger partial charge in [-0.25, -0.2) is 9.97 Å². The van der Waals surface area contributed by atoms with Gasteiger partial charge in [0.25, 0.3) is 0 Å². The zero-order chi connectivity index (χ0) is 21.3. The van der Waals surface area contributed by atoms with Crippen LogP contribution < -0.4 is 0 Å². The molecule has 5 nitrogen and oxygen atoms in total. The van der Waals surface area contributed by atoms with E-state index in [0.29, 0.717) is 0 Å². The molecule has 0 fully saturated rings. The molecule has 0 amide bonds. The molecule has 0 N–H and O–H groups in total. The van der Waals surface area contributed by atoms with Crippen molar-refractivity contribution in [3.8, 4) is 22.6 Å². The summed E-state index contributed by atoms with van der Waals surface area (Å²) in [5.41, 5.74) is 7.90. The lowest BCUT2D eigenvalue weighted by atomic mass is 10.1. The van der Waals surface area contributed by atoms with Gasteiger partial charge in [-0.1, -0.05) is 53.4 Å². The highest BCUT2D eigenvalue weighted by molar-refractivity contribution is 5.65. The van der Waals surface area contributed by atoms with Gasteiger partial charge in [0, 0.05) is 24.2 Å². The van der Waals surface area contributed by atoms with E-state index in [1.807, 2.05) is 18.6 Å². The van der Waals surface area contributed by atoms with Gasteiger partial charge in [0.1, 0.15) is 5.69 Å². The van der Waals surface area contributed by atoms with Gasteiger partial charge in [-0.05, 0) is 37.8 Å². The molecule has 3 aromatic rings. The van der Waals surface area contributed by atoms with Crippen LogP contribution in [0, 0.1) is 0 Å². The summed E-state index contributed by atoms with van der Waals surface area (Å²) in [6, 6.07) is 4.16. The fourth-order valence-corrected chi connectivity index (χ4v) is 3.60. The third kappa shape index (κ3) is 5.26. The monoisotopic (exact) mass is 403 g/mol. The third-order valence-corrected chi connectivity index (χ3v) is 5.06. The van der Waals surface area contributed by atoms with Crippen LogP contribution in [0.15, 0.2) is 30.7 Å². The van der Waals surface area contributed by atoms with Gasteiger partial charge < -0.3 is 0 Å². The first kappa shape index (κ1) is 22.0. The normalized spacial score (nSPS) is 11.1. The Morgan fingerprint density at radius 2 is 1.10 bits per heavy atom. The summed E-state index contributed by atoms with van der Waals surface area (Å²) in [6.07, 6.45) is 13.6. The van der Waals surface area contributed by atoms with E-state index in [1.165, 1.54) is 0 Å². The molecule has 0 saturated carbocycles. The maximum absolute atomic E-state index is 4.91. The molecule has 0 aromatic carbocycles. The number of rotatable bonds is 10. The van der Waals surface area contributed by atoms with Crippen LogP contribution >= 0.6 is 0 Å². The Bertz CT molecular complexity index is 872. The van der Waals surface area contributed by atoms with Crippen LogP contribution in [-0.2, 0) is 25.7 Å². The van der Waals surface area contributed by atoms with Crippen molar-refractivity contribution in [3.63, 3.8) is 0 Å². The van der Waals surface area contributed by atoms with Crippen LogP contribution in [0.5, 0.6) is 0 Å². The van der Waals surface area contributed by atoms with E-state index >= 15 is 0 Å². The summed E-state index contributed by atoms with van der Waals surface area (Å²) in [5, 5.41) is 0. The Morgan fingerprint density at radius 1 is 0.567 bits per heavy atom. The molecule has 0 aliphatic carbocycles. The van der Waals surface area contributed by atoms with Gasteiger partial charge in [-0.2, -0.15) is 0 Å². The van der Waals surface area contributed by atoms with E-state index in [4.69, 9.17) is 19.9 Å². The average Bonchev–Trinajstić information content (AvgIpc) is 2.77. The van der Waals surface area contributed by atoms with Gasteiger partial charge in [-0.3, -0.25) is 15.0 Å². The largest absolute Gasteiger partial charge is 0.257 e. The van der Waals surface area contributed by atoms with Gasteiger partial charge in [0.05, 0.1) is 34.2 Å². The van der Waals surface area contributed by atoms with E-state index in [0.717, 1.165) is 96.8 Å². The quantitative estimate of drug-likeness (QED) is 0.428. The van der Waals surface area contributed by atoms with Gasteiger partial charge in [0.15, 0.2) is 0 Å². The van der Waals surface area contributed by atoms with Crippen molar-refractivity contribution in [1.82, 2.24) is 24.9 Å². The lowest BCUT2D eigenvalue weighted by molar-refractivity contribution is 0.830. The predicted octanol–water partition coefficient (Wildman–Crippen LogP) is 5.81. The number of aromatic nitrogens is 5. The molecule has 3 heterocycles. The lowest BCUT2D eigenvalue weighted by Crippen LogP contribution is -2.04. The molecule has 3 aromatic heterocycles. The minimum absolute atomic E-state index is 0.877. The first-order chi connectivity index (χ1) is 14.7. The van der Waals surface area contributed by atoms with Crippen molar-refractivity contribution in [2.24, 2.45) is 0 Å². The highest BCUT2D eigenvalue weighted by Gasteiger charge is 2.14. The number of pyridine rings is 1. The SMILES string of the molecule is CCCc1cnc(CCC)c(-c2ccc(-c3nc(CCC)cnc3CCC)nc2)n1. The van der Waals surface area contributed by atoms with E-state index in [9.17, 15) is 0 Å². The molecule has 158 valence electrons. The Balaban J connectivity index is 1.99. The van der Waals surface area contributed by atoms with Crippen LogP contribution in [0.25, 0.3) is 22.6 Å². The Morgan fingerprint density at radius 3 is 1.60 bits per heavy atom. The van der Waals surface area contributed by atoms with E-state index in [1.54, 1.807) is 0 Å². The second-order valence-corrected chi connectivity index (χ2v) is 7.75. The second kappa shape index (κ2) is 10.9. The fourth-order valence-electron chi connectivity index (χ4n) is 3.60. The highest BCUT2D eigenvalue weighted by Crippen LogP contribution is 2.25. The highest BCUT2D eigenvalue weighted by atomic mass is 14.9. The van der Waals surface area contributed by atoms with Crippen LogP contribution in [0.1, 0.15) is 76.2 Å².